The van der Waals surface area contributed by atoms with E-state index >= 15 is 0 Å². The van der Waals surface area contributed by atoms with Crippen molar-refractivity contribution in [3.8, 4) is 17.4 Å². The van der Waals surface area contributed by atoms with E-state index in [9.17, 15) is 14.7 Å². The number of nitrogens with zero attached hydrogens (tertiary/aromatic N) is 6. The van der Waals surface area contributed by atoms with Crippen molar-refractivity contribution < 1.29 is 19.4 Å². The van der Waals surface area contributed by atoms with Crippen LogP contribution in [0.5, 0.6) is 11.5 Å². The van der Waals surface area contributed by atoms with Gasteiger partial charge in [-0.25, -0.2) is 9.97 Å². The number of fused-ring (bicyclic) bond motifs is 1. The zero-order valence-electron chi connectivity index (χ0n) is 19.9. The molecule has 0 saturated carbocycles. The molecule has 0 bridgehead atoms. The molecule has 2 aromatic heterocycles. The number of nitrogens with one attached hydrogen (secondary N) is 1. The predicted octanol–water partition coefficient (Wildman–Crippen LogP) is 4.30. The minimum Gasteiger partial charge on any atom is -0.505 e. The van der Waals surface area contributed by atoms with Gasteiger partial charge in [0.1, 0.15) is 17.0 Å². The van der Waals surface area contributed by atoms with Gasteiger partial charge in [-0.2, -0.15) is 9.78 Å². The van der Waals surface area contributed by atoms with Crippen molar-refractivity contribution in [2.45, 2.75) is 0 Å². The quantitative estimate of drug-likeness (QED) is 0.275. The van der Waals surface area contributed by atoms with Crippen LogP contribution in [-0.4, -0.2) is 43.8 Å². The summed E-state index contributed by atoms with van der Waals surface area (Å²) < 4.78 is 6.49. The number of hydrogen-bond acceptors (Lipinski definition) is 9. The van der Waals surface area contributed by atoms with Crippen LogP contribution >= 0.6 is 0 Å². The summed E-state index contributed by atoms with van der Waals surface area (Å²) in [6.45, 7) is 0. The van der Waals surface area contributed by atoms with Gasteiger partial charge >= 0.3 is 0 Å². The lowest BCUT2D eigenvalue weighted by Gasteiger charge is -2.13. The molecule has 12 nitrogen and oxygen atoms in total. The Morgan fingerprint density at radius 3 is 2.50 bits per heavy atom. The number of phenolic OH excluding ortho intramolecular Hbond substituents is 1. The molecular formula is C26H20N8O4. The van der Waals surface area contributed by atoms with E-state index in [1.807, 2.05) is 0 Å². The molecule has 0 atom stereocenters. The second-order valence-electron chi connectivity index (χ2n) is 7.90. The number of hydrogen-bond donors (Lipinski definition) is 3. The zero-order chi connectivity index (χ0) is 26.6. The number of aromatic nitrogens is 4. The highest BCUT2D eigenvalue weighted by Crippen LogP contribution is 2.40. The smallest absolute Gasteiger partial charge is 0.259 e. The number of nitrogens with two attached hydrogens (primary N) is 1. The molecule has 5 aromatic rings. The van der Waals surface area contributed by atoms with Gasteiger partial charge in [-0.1, -0.05) is 36.4 Å². The number of carbonyl (C=O) groups is 2. The van der Waals surface area contributed by atoms with Gasteiger partial charge in [0, 0.05) is 17.8 Å². The van der Waals surface area contributed by atoms with Crippen LogP contribution in [0.4, 0.5) is 17.2 Å². The maximum atomic E-state index is 13.2. The minimum absolute atomic E-state index is 0.00503. The van der Waals surface area contributed by atoms with E-state index in [2.05, 4.69) is 30.6 Å². The molecule has 2 heterocycles. The van der Waals surface area contributed by atoms with E-state index in [1.54, 1.807) is 60.7 Å². The van der Waals surface area contributed by atoms with Crippen LogP contribution in [0.25, 0.3) is 16.7 Å². The summed E-state index contributed by atoms with van der Waals surface area (Å²) in [4.78, 5) is 33.5. The second kappa shape index (κ2) is 10.1. The highest BCUT2D eigenvalue weighted by molar-refractivity contribution is 6.12. The van der Waals surface area contributed by atoms with Gasteiger partial charge in [-0.3, -0.25) is 9.59 Å². The summed E-state index contributed by atoms with van der Waals surface area (Å²) in [6, 6.07) is 17.1. The number of anilines is 1. The monoisotopic (exact) mass is 508 g/mol. The van der Waals surface area contributed by atoms with Crippen LogP contribution in [0.1, 0.15) is 20.7 Å². The number of benzene rings is 3. The molecule has 3 aromatic carbocycles. The van der Waals surface area contributed by atoms with Crippen molar-refractivity contribution >= 4 is 39.8 Å². The van der Waals surface area contributed by atoms with Crippen molar-refractivity contribution in [2.24, 2.45) is 16.0 Å². The highest BCUT2D eigenvalue weighted by atomic mass is 16.5. The first-order valence-electron chi connectivity index (χ1n) is 11.2. The predicted molar refractivity (Wildman–Crippen MR) is 138 cm³/mol. The minimum atomic E-state index is -0.792. The first-order chi connectivity index (χ1) is 18.5. The number of carbonyl (C=O) groups excluding carboxylic acids is 2. The summed E-state index contributed by atoms with van der Waals surface area (Å²) in [5.74, 6) is -1.25. The van der Waals surface area contributed by atoms with Crippen molar-refractivity contribution in [3.05, 3.63) is 90.4 Å². The van der Waals surface area contributed by atoms with Gasteiger partial charge in [0.05, 0.1) is 24.6 Å². The van der Waals surface area contributed by atoms with Crippen LogP contribution in [-0.2, 0) is 0 Å². The number of ether oxygens (including phenoxy) is 1. The molecule has 188 valence electrons. The molecular weight excluding hydrogens is 488 g/mol. The normalized spacial score (nSPS) is 11.1. The molecule has 0 radical (unpaired) electrons. The molecule has 0 aliphatic heterocycles. The van der Waals surface area contributed by atoms with Gasteiger partial charge < -0.3 is 20.9 Å². The van der Waals surface area contributed by atoms with Crippen molar-refractivity contribution in [1.29, 1.82) is 0 Å². The van der Waals surface area contributed by atoms with Gasteiger partial charge in [0.15, 0.2) is 11.6 Å². The fraction of sp³-hybridized carbons (Fsp3) is 0.0385. The van der Waals surface area contributed by atoms with E-state index in [1.165, 1.54) is 30.4 Å². The van der Waals surface area contributed by atoms with Crippen molar-refractivity contribution in [2.75, 3.05) is 12.4 Å². The van der Waals surface area contributed by atoms with Crippen molar-refractivity contribution in [1.82, 2.24) is 19.7 Å². The van der Waals surface area contributed by atoms with Crippen LogP contribution in [0.15, 0.2) is 89.5 Å². The molecule has 5 rings (SSSR count). The molecule has 0 aliphatic carbocycles. The van der Waals surface area contributed by atoms with E-state index in [0.717, 1.165) is 0 Å². The number of rotatable bonds is 7. The van der Waals surface area contributed by atoms with E-state index in [0.29, 0.717) is 22.2 Å². The Morgan fingerprint density at radius 2 is 1.74 bits per heavy atom. The highest BCUT2D eigenvalue weighted by Gasteiger charge is 2.21. The maximum Gasteiger partial charge on any atom is 0.259 e. The number of aromatic hydroxyl groups is 1. The first kappa shape index (κ1) is 24.1. The molecule has 12 heteroatoms. The van der Waals surface area contributed by atoms with Crippen LogP contribution in [0.3, 0.4) is 0 Å². The van der Waals surface area contributed by atoms with E-state index in [4.69, 9.17) is 10.5 Å². The van der Waals surface area contributed by atoms with Crippen LogP contribution in [0, 0.1) is 0 Å². The number of para-hydroxylation sites is 2. The topological polar surface area (TPSA) is 170 Å². The average molecular weight is 508 g/mol. The molecule has 2 amide bonds. The number of methoxy groups -OCH3 is 1. The van der Waals surface area contributed by atoms with E-state index < -0.39 is 17.6 Å². The standard InChI is InChI=1S/C26H20N8O4/c1-38-20-10-5-4-9-19(20)31-25(37)17-13-15-7-2-3-8-16(15)21(22(17)35)32-33-24-18(23(27)36)14-30-34(24)26-28-11-6-12-29-26/h2-14,35H,1H3,(H2,27,36)(H,31,37)/b33-32+. The van der Waals surface area contributed by atoms with Crippen molar-refractivity contribution in [3.63, 3.8) is 0 Å². The van der Waals surface area contributed by atoms with E-state index in [-0.39, 0.29) is 28.6 Å². The number of azo groups is 1. The van der Waals surface area contributed by atoms with Gasteiger partial charge in [0.2, 0.25) is 0 Å². The summed E-state index contributed by atoms with van der Waals surface area (Å²) in [6.07, 6.45) is 4.22. The van der Waals surface area contributed by atoms with Crippen LogP contribution < -0.4 is 15.8 Å². The van der Waals surface area contributed by atoms with Crippen LogP contribution in [0.2, 0.25) is 0 Å². The second-order valence-corrected chi connectivity index (χ2v) is 7.90. The third-order valence-electron chi connectivity index (χ3n) is 5.59. The molecule has 38 heavy (non-hydrogen) atoms. The Labute approximate surface area is 215 Å². The maximum absolute atomic E-state index is 13.2. The largest absolute Gasteiger partial charge is 0.505 e. The lowest BCUT2D eigenvalue weighted by molar-refractivity contribution is 0.0997. The lowest BCUT2D eigenvalue weighted by Crippen LogP contribution is -2.13. The van der Waals surface area contributed by atoms with Gasteiger partial charge in [0.25, 0.3) is 17.8 Å². The third-order valence-corrected chi connectivity index (χ3v) is 5.59. The summed E-state index contributed by atoms with van der Waals surface area (Å²) in [5.41, 5.74) is 5.86. The summed E-state index contributed by atoms with van der Waals surface area (Å²) in [7, 11) is 1.49. The Bertz CT molecular complexity index is 1700. The Balaban J connectivity index is 1.62. The molecule has 0 unspecified atom stereocenters. The van der Waals surface area contributed by atoms with Gasteiger partial charge in [-0.05, 0) is 29.7 Å². The molecule has 0 saturated heterocycles. The fourth-order valence-electron chi connectivity index (χ4n) is 3.79. The number of amides is 2. The molecule has 0 spiro atoms. The molecule has 4 N–H and O–H groups in total. The lowest BCUT2D eigenvalue weighted by atomic mass is 10.0. The fourth-order valence-corrected chi connectivity index (χ4v) is 3.79. The molecule has 0 fully saturated rings. The number of phenols is 1. The molecule has 0 aliphatic rings. The zero-order valence-corrected chi connectivity index (χ0v) is 19.9. The van der Waals surface area contributed by atoms with Gasteiger partial charge in [-0.15, -0.1) is 10.2 Å². The Kier molecular flexibility index (Phi) is 6.42. The average Bonchev–Trinajstić information content (AvgIpc) is 3.37. The summed E-state index contributed by atoms with van der Waals surface area (Å²) in [5, 5.41) is 27.6. The Morgan fingerprint density at radius 1 is 1.00 bits per heavy atom. The Hall–Kier alpha value is -5.65. The SMILES string of the molecule is COc1ccccc1NC(=O)c1cc2ccccc2c(/N=N/c2c(C(N)=O)cnn2-c2ncccn2)c1O. The number of primary amides is 1. The third kappa shape index (κ3) is 4.48. The first-order valence-corrected chi connectivity index (χ1v) is 11.2. The summed E-state index contributed by atoms with van der Waals surface area (Å²) >= 11 is 0.